The number of nitrogens with zero attached hydrogens (tertiary/aromatic N) is 4. The van der Waals surface area contributed by atoms with Gasteiger partial charge < -0.3 is 15.4 Å². The Morgan fingerprint density at radius 2 is 1.78 bits per heavy atom. The van der Waals surface area contributed by atoms with Crippen LogP contribution >= 0.6 is 0 Å². The Labute approximate surface area is 154 Å². The Bertz CT molecular complexity index is 1090. The third kappa shape index (κ3) is 3.37. The van der Waals surface area contributed by atoms with Crippen LogP contribution < -0.4 is 15.4 Å². The molecule has 2 heterocycles. The second kappa shape index (κ2) is 6.91. The minimum atomic E-state index is -0.350. The number of ether oxygens (including phenoxy) is 1. The van der Waals surface area contributed by atoms with Crippen LogP contribution in [-0.2, 0) is 7.05 Å². The van der Waals surface area contributed by atoms with E-state index in [9.17, 15) is 4.39 Å². The van der Waals surface area contributed by atoms with Gasteiger partial charge in [0.15, 0.2) is 5.65 Å². The van der Waals surface area contributed by atoms with Gasteiger partial charge in [0.25, 0.3) is 0 Å². The van der Waals surface area contributed by atoms with Crippen molar-refractivity contribution in [2.75, 3.05) is 17.7 Å². The first kappa shape index (κ1) is 16.8. The maximum absolute atomic E-state index is 13.9. The lowest BCUT2D eigenvalue weighted by atomic mass is 10.3. The van der Waals surface area contributed by atoms with Crippen LogP contribution in [0.2, 0.25) is 0 Å². The van der Waals surface area contributed by atoms with Crippen molar-refractivity contribution < 1.29 is 9.13 Å². The van der Waals surface area contributed by atoms with Gasteiger partial charge in [-0.25, -0.2) is 14.4 Å². The molecule has 4 rings (SSSR count). The van der Waals surface area contributed by atoms with Gasteiger partial charge in [0.2, 0.25) is 11.9 Å². The standard InChI is InChI=1S/C19H17FN6O/c1-26-17-16(24-19(26)23-15-6-4-3-5-14(15)20)11-21-18(25-17)22-12-7-9-13(27-2)10-8-12/h3-11H,1-2H3,(H,23,24)(H,21,22,25). The van der Waals surface area contributed by atoms with Gasteiger partial charge in [-0.05, 0) is 36.4 Å². The second-order valence-corrected chi connectivity index (χ2v) is 5.86. The summed E-state index contributed by atoms with van der Waals surface area (Å²) < 4.78 is 20.8. The lowest BCUT2D eigenvalue weighted by Gasteiger charge is -2.07. The molecule has 8 heteroatoms. The monoisotopic (exact) mass is 364 g/mol. The molecule has 7 nitrogen and oxygen atoms in total. The van der Waals surface area contributed by atoms with Crippen LogP contribution in [0.15, 0.2) is 54.7 Å². The van der Waals surface area contributed by atoms with Crippen molar-refractivity contribution in [3.8, 4) is 5.75 Å². The van der Waals surface area contributed by atoms with E-state index in [1.807, 2.05) is 31.3 Å². The summed E-state index contributed by atoms with van der Waals surface area (Å²) in [6.45, 7) is 0. The van der Waals surface area contributed by atoms with Crippen molar-refractivity contribution in [3.05, 3.63) is 60.5 Å². The predicted molar refractivity (Wildman–Crippen MR) is 102 cm³/mol. The zero-order valence-electron chi connectivity index (χ0n) is 14.8. The van der Waals surface area contributed by atoms with Crippen LogP contribution in [-0.4, -0.2) is 26.6 Å². The number of fused-ring (bicyclic) bond motifs is 1. The summed E-state index contributed by atoms with van der Waals surface area (Å²) in [6.07, 6.45) is 1.63. The van der Waals surface area contributed by atoms with E-state index in [0.29, 0.717) is 28.7 Å². The third-order valence-corrected chi connectivity index (χ3v) is 4.08. The maximum atomic E-state index is 13.9. The van der Waals surface area contributed by atoms with Crippen LogP contribution in [0.25, 0.3) is 11.2 Å². The second-order valence-electron chi connectivity index (χ2n) is 5.86. The number of para-hydroxylation sites is 1. The zero-order valence-corrected chi connectivity index (χ0v) is 14.8. The average molecular weight is 364 g/mol. The molecule has 136 valence electrons. The number of hydrogen-bond donors (Lipinski definition) is 2. The van der Waals surface area contributed by atoms with E-state index in [1.54, 1.807) is 36.1 Å². The van der Waals surface area contributed by atoms with E-state index in [0.717, 1.165) is 11.4 Å². The molecular formula is C19H17FN6O. The normalized spacial score (nSPS) is 10.8. The van der Waals surface area contributed by atoms with Crippen molar-refractivity contribution in [1.29, 1.82) is 0 Å². The van der Waals surface area contributed by atoms with Gasteiger partial charge in [0, 0.05) is 12.7 Å². The molecule has 0 unspecified atom stereocenters. The van der Waals surface area contributed by atoms with Crippen molar-refractivity contribution >= 4 is 34.4 Å². The van der Waals surface area contributed by atoms with Crippen molar-refractivity contribution in [1.82, 2.24) is 19.5 Å². The van der Waals surface area contributed by atoms with E-state index in [4.69, 9.17) is 4.74 Å². The Hall–Kier alpha value is -3.68. The molecule has 0 radical (unpaired) electrons. The van der Waals surface area contributed by atoms with Gasteiger partial charge in [0.05, 0.1) is 19.0 Å². The highest BCUT2D eigenvalue weighted by atomic mass is 19.1. The summed E-state index contributed by atoms with van der Waals surface area (Å²) >= 11 is 0. The molecule has 0 amide bonds. The third-order valence-electron chi connectivity index (χ3n) is 4.08. The largest absolute Gasteiger partial charge is 0.497 e. The molecule has 0 fully saturated rings. The molecule has 2 aromatic heterocycles. The molecule has 0 aliphatic carbocycles. The Balaban J connectivity index is 1.62. The minimum absolute atomic E-state index is 0.348. The highest BCUT2D eigenvalue weighted by Gasteiger charge is 2.12. The van der Waals surface area contributed by atoms with Gasteiger partial charge >= 0.3 is 0 Å². The fraction of sp³-hybridized carbons (Fsp3) is 0.105. The predicted octanol–water partition coefficient (Wildman–Crippen LogP) is 4.00. The smallest absolute Gasteiger partial charge is 0.229 e. The topological polar surface area (TPSA) is 76.9 Å². The number of aromatic nitrogens is 4. The summed E-state index contributed by atoms with van der Waals surface area (Å²) in [6, 6.07) is 13.9. The van der Waals surface area contributed by atoms with Crippen molar-refractivity contribution in [2.24, 2.45) is 7.05 Å². The van der Waals surface area contributed by atoms with Gasteiger partial charge in [-0.2, -0.15) is 4.98 Å². The number of rotatable bonds is 5. The van der Waals surface area contributed by atoms with E-state index < -0.39 is 0 Å². The first-order valence-corrected chi connectivity index (χ1v) is 8.26. The number of nitrogens with one attached hydrogen (secondary N) is 2. The summed E-state index contributed by atoms with van der Waals surface area (Å²) in [5.41, 5.74) is 2.42. The summed E-state index contributed by atoms with van der Waals surface area (Å²) in [5.74, 6) is 1.34. The molecule has 2 N–H and O–H groups in total. The highest BCUT2D eigenvalue weighted by Crippen LogP contribution is 2.23. The fourth-order valence-electron chi connectivity index (χ4n) is 2.64. The molecule has 0 bridgehead atoms. The molecule has 0 aliphatic heterocycles. The zero-order chi connectivity index (χ0) is 18.8. The van der Waals surface area contributed by atoms with E-state index in [1.165, 1.54) is 6.07 Å². The summed E-state index contributed by atoms with van der Waals surface area (Å²) in [4.78, 5) is 13.2. The Morgan fingerprint density at radius 3 is 2.52 bits per heavy atom. The van der Waals surface area contributed by atoms with Crippen LogP contribution in [0, 0.1) is 5.82 Å². The fourth-order valence-corrected chi connectivity index (χ4v) is 2.64. The quantitative estimate of drug-likeness (QED) is 0.557. The number of aryl methyl sites for hydroxylation is 1. The molecule has 0 aliphatic rings. The number of hydrogen-bond acceptors (Lipinski definition) is 6. The number of methoxy groups -OCH3 is 1. The summed E-state index contributed by atoms with van der Waals surface area (Å²) in [7, 11) is 3.43. The maximum Gasteiger partial charge on any atom is 0.229 e. The lowest BCUT2D eigenvalue weighted by Crippen LogP contribution is -2.02. The average Bonchev–Trinajstić information content (AvgIpc) is 3.00. The van der Waals surface area contributed by atoms with E-state index >= 15 is 0 Å². The number of halogens is 1. The molecule has 0 spiro atoms. The van der Waals surface area contributed by atoms with Crippen LogP contribution in [0.1, 0.15) is 0 Å². The first-order chi connectivity index (χ1) is 13.1. The molecule has 0 atom stereocenters. The van der Waals surface area contributed by atoms with E-state index in [-0.39, 0.29) is 5.82 Å². The van der Waals surface area contributed by atoms with Crippen LogP contribution in [0.5, 0.6) is 5.75 Å². The van der Waals surface area contributed by atoms with Gasteiger partial charge in [-0.15, -0.1) is 0 Å². The number of imidazole rings is 1. The highest BCUT2D eigenvalue weighted by molar-refractivity contribution is 5.76. The van der Waals surface area contributed by atoms with Gasteiger partial charge in [0.1, 0.15) is 17.1 Å². The molecule has 0 saturated heterocycles. The SMILES string of the molecule is COc1ccc(Nc2ncc3nc(Nc4ccccc4F)n(C)c3n2)cc1. The lowest BCUT2D eigenvalue weighted by molar-refractivity contribution is 0.415. The van der Waals surface area contributed by atoms with E-state index in [2.05, 4.69) is 25.6 Å². The van der Waals surface area contributed by atoms with Gasteiger partial charge in [-0.3, -0.25) is 4.57 Å². The summed E-state index contributed by atoms with van der Waals surface area (Å²) in [5, 5.41) is 6.13. The van der Waals surface area contributed by atoms with Crippen LogP contribution in [0.3, 0.4) is 0 Å². The Kier molecular flexibility index (Phi) is 4.29. The van der Waals surface area contributed by atoms with Crippen molar-refractivity contribution in [2.45, 2.75) is 0 Å². The molecule has 4 aromatic rings. The first-order valence-electron chi connectivity index (χ1n) is 8.26. The minimum Gasteiger partial charge on any atom is -0.497 e. The van der Waals surface area contributed by atoms with Crippen LogP contribution in [0.4, 0.5) is 27.7 Å². The molecule has 0 saturated carbocycles. The molecule has 27 heavy (non-hydrogen) atoms. The van der Waals surface area contributed by atoms with Gasteiger partial charge in [-0.1, -0.05) is 12.1 Å². The number of anilines is 4. The van der Waals surface area contributed by atoms with Crippen molar-refractivity contribution in [3.63, 3.8) is 0 Å². The Morgan fingerprint density at radius 1 is 1.00 bits per heavy atom. The molecular weight excluding hydrogens is 347 g/mol. The number of benzene rings is 2. The molecule has 2 aromatic carbocycles.